The molecule has 0 bridgehead atoms. The summed E-state index contributed by atoms with van der Waals surface area (Å²) in [4.78, 5) is 16.5. The normalized spacial score (nSPS) is 14.4. The molecule has 6 nitrogen and oxygen atoms in total. The van der Waals surface area contributed by atoms with E-state index in [9.17, 15) is 4.79 Å². The Kier molecular flexibility index (Phi) is 3.55. The molecule has 0 saturated heterocycles. The Labute approximate surface area is 135 Å². The standard InChI is InChI=1S/C14H13N5OS2/c20-12(8-21-14-15-6-7-19(14)9-4-5-9)16-10-2-1-3-11-13(10)18-22-17-11/h1-3,6-7,9H,4-5,8H2,(H,16,20). The fourth-order valence-electron chi connectivity index (χ4n) is 2.27. The number of aromatic nitrogens is 4. The van der Waals surface area contributed by atoms with Crippen LogP contribution in [-0.2, 0) is 4.79 Å². The van der Waals surface area contributed by atoms with Crippen molar-refractivity contribution in [2.24, 2.45) is 0 Å². The second-order valence-electron chi connectivity index (χ2n) is 5.12. The molecule has 112 valence electrons. The lowest BCUT2D eigenvalue weighted by Gasteiger charge is -2.07. The van der Waals surface area contributed by atoms with E-state index < -0.39 is 0 Å². The molecule has 1 aliphatic rings. The minimum Gasteiger partial charge on any atom is -0.323 e. The zero-order valence-electron chi connectivity index (χ0n) is 11.6. The first-order valence-corrected chi connectivity index (χ1v) is 8.69. The van der Waals surface area contributed by atoms with Gasteiger partial charge in [-0.3, -0.25) is 4.79 Å². The number of amides is 1. The van der Waals surface area contributed by atoms with Gasteiger partial charge in [0.1, 0.15) is 11.0 Å². The van der Waals surface area contributed by atoms with E-state index in [4.69, 9.17) is 0 Å². The van der Waals surface area contributed by atoms with Gasteiger partial charge in [0, 0.05) is 18.4 Å². The Bertz CT molecular complexity index is 823. The number of rotatable bonds is 5. The van der Waals surface area contributed by atoms with Crippen LogP contribution in [0.2, 0.25) is 0 Å². The monoisotopic (exact) mass is 331 g/mol. The molecule has 0 unspecified atom stereocenters. The van der Waals surface area contributed by atoms with Gasteiger partial charge in [-0.2, -0.15) is 8.75 Å². The van der Waals surface area contributed by atoms with Crippen LogP contribution < -0.4 is 5.32 Å². The van der Waals surface area contributed by atoms with Gasteiger partial charge in [0.25, 0.3) is 0 Å². The van der Waals surface area contributed by atoms with Gasteiger partial charge in [-0.25, -0.2) is 4.98 Å². The second-order valence-corrected chi connectivity index (χ2v) is 6.59. The lowest BCUT2D eigenvalue weighted by Crippen LogP contribution is -2.14. The van der Waals surface area contributed by atoms with Crippen molar-refractivity contribution in [3.8, 4) is 0 Å². The van der Waals surface area contributed by atoms with Crippen LogP contribution in [0.3, 0.4) is 0 Å². The number of thioether (sulfide) groups is 1. The minimum absolute atomic E-state index is 0.0594. The molecule has 0 aliphatic heterocycles. The average Bonchev–Trinajstić information content (AvgIpc) is 3.07. The van der Waals surface area contributed by atoms with E-state index in [2.05, 4.69) is 23.6 Å². The summed E-state index contributed by atoms with van der Waals surface area (Å²) in [5, 5.41) is 3.81. The highest BCUT2D eigenvalue weighted by atomic mass is 32.2. The first-order valence-electron chi connectivity index (χ1n) is 6.98. The van der Waals surface area contributed by atoms with Gasteiger partial charge < -0.3 is 9.88 Å². The molecular weight excluding hydrogens is 318 g/mol. The molecule has 2 aromatic heterocycles. The van der Waals surface area contributed by atoms with Crippen LogP contribution in [0, 0.1) is 0 Å². The predicted octanol–water partition coefficient (Wildman–Crippen LogP) is 2.95. The van der Waals surface area contributed by atoms with E-state index >= 15 is 0 Å². The quantitative estimate of drug-likeness (QED) is 0.728. The van der Waals surface area contributed by atoms with E-state index in [1.165, 1.54) is 24.6 Å². The van der Waals surface area contributed by atoms with E-state index in [-0.39, 0.29) is 5.91 Å². The van der Waals surface area contributed by atoms with E-state index in [0.717, 1.165) is 27.9 Å². The third-order valence-corrected chi connectivity index (χ3v) is 4.99. The molecule has 1 amide bonds. The Morgan fingerprint density at radius 2 is 2.32 bits per heavy atom. The summed E-state index contributed by atoms with van der Waals surface area (Å²) >= 11 is 2.61. The zero-order chi connectivity index (χ0) is 14.9. The van der Waals surface area contributed by atoms with E-state index in [1.54, 1.807) is 6.20 Å². The fraction of sp³-hybridized carbons (Fsp3) is 0.286. The molecule has 4 rings (SSSR count). The maximum Gasteiger partial charge on any atom is 0.234 e. The maximum absolute atomic E-state index is 12.2. The first-order chi connectivity index (χ1) is 10.8. The molecule has 2 heterocycles. The van der Waals surface area contributed by atoms with Gasteiger partial charge in [0.15, 0.2) is 5.16 Å². The van der Waals surface area contributed by atoms with Crippen molar-refractivity contribution in [2.75, 3.05) is 11.1 Å². The Morgan fingerprint density at radius 3 is 3.18 bits per heavy atom. The van der Waals surface area contributed by atoms with Crippen LogP contribution >= 0.6 is 23.5 Å². The maximum atomic E-state index is 12.2. The average molecular weight is 331 g/mol. The van der Waals surface area contributed by atoms with Gasteiger partial charge in [-0.05, 0) is 25.0 Å². The van der Waals surface area contributed by atoms with Gasteiger partial charge in [0.05, 0.1) is 23.2 Å². The third-order valence-electron chi connectivity index (χ3n) is 3.47. The van der Waals surface area contributed by atoms with Gasteiger partial charge >= 0.3 is 0 Å². The van der Waals surface area contributed by atoms with Crippen LogP contribution in [0.5, 0.6) is 0 Å². The number of carbonyl (C=O) groups excluding carboxylic acids is 1. The first kappa shape index (κ1) is 13.7. The van der Waals surface area contributed by atoms with Crippen molar-refractivity contribution < 1.29 is 4.79 Å². The molecule has 1 aromatic carbocycles. The molecule has 22 heavy (non-hydrogen) atoms. The molecule has 0 atom stereocenters. The number of nitrogens with zero attached hydrogens (tertiary/aromatic N) is 4. The number of hydrogen-bond donors (Lipinski definition) is 1. The number of nitrogens with one attached hydrogen (secondary N) is 1. The summed E-state index contributed by atoms with van der Waals surface area (Å²) in [7, 11) is 0. The summed E-state index contributed by atoms with van der Waals surface area (Å²) in [5.74, 6) is 0.272. The van der Waals surface area contributed by atoms with Gasteiger partial charge in [-0.1, -0.05) is 17.8 Å². The topological polar surface area (TPSA) is 72.7 Å². The van der Waals surface area contributed by atoms with Crippen molar-refractivity contribution in [2.45, 2.75) is 24.0 Å². The van der Waals surface area contributed by atoms with Crippen LogP contribution in [0.1, 0.15) is 18.9 Å². The molecule has 1 aliphatic carbocycles. The van der Waals surface area contributed by atoms with Crippen molar-refractivity contribution in [1.29, 1.82) is 0 Å². The molecule has 3 aromatic rings. The predicted molar refractivity (Wildman–Crippen MR) is 87.3 cm³/mol. The lowest BCUT2D eigenvalue weighted by molar-refractivity contribution is -0.113. The molecule has 1 N–H and O–H groups in total. The molecule has 1 saturated carbocycles. The zero-order valence-corrected chi connectivity index (χ0v) is 13.2. The van der Waals surface area contributed by atoms with E-state index in [0.29, 0.717) is 17.5 Å². The number of anilines is 1. The molecular formula is C14H13N5OS2. The Balaban J connectivity index is 1.42. The Hall–Kier alpha value is -1.93. The summed E-state index contributed by atoms with van der Waals surface area (Å²) in [6, 6.07) is 6.17. The molecule has 8 heteroatoms. The SMILES string of the molecule is O=C(CSc1nccn1C1CC1)Nc1cccc2nsnc12. The highest BCUT2D eigenvalue weighted by molar-refractivity contribution is 7.99. The van der Waals surface area contributed by atoms with Crippen LogP contribution in [0.25, 0.3) is 11.0 Å². The van der Waals surface area contributed by atoms with Gasteiger partial charge in [-0.15, -0.1) is 0 Å². The number of carbonyl (C=O) groups is 1. The summed E-state index contributed by atoms with van der Waals surface area (Å²) in [6.45, 7) is 0. The van der Waals surface area contributed by atoms with E-state index in [1.807, 2.05) is 24.4 Å². The number of imidazole rings is 1. The lowest BCUT2D eigenvalue weighted by atomic mass is 10.2. The van der Waals surface area contributed by atoms with Crippen molar-refractivity contribution in [3.05, 3.63) is 30.6 Å². The van der Waals surface area contributed by atoms with Crippen LogP contribution in [0.4, 0.5) is 5.69 Å². The number of hydrogen-bond acceptors (Lipinski definition) is 6. The Morgan fingerprint density at radius 1 is 1.41 bits per heavy atom. The summed E-state index contributed by atoms with van der Waals surface area (Å²) in [5.41, 5.74) is 2.26. The minimum atomic E-state index is -0.0594. The van der Waals surface area contributed by atoms with Crippen molar-refractivity contribution in [1.82, 2.24) is 18.3 Å². The molecule has 0 radical (unpaired) electrons. The number of fused-ring (bicyclic) bond motifs is 1. The smallest absolute Gasteiger partial charge is 0.234 e. The van der Waals surface area contributed by atoms with Crippen LogP contribution in [-0.4, -0.2) is 30.0 Å². The second kappa shape index (κ2) is 5.69. The number of benzene rings is 1. The fourth-order valence-corrected chi connectivity index (χ4v) is 3.64. The third kappa shape index (κ3) is 2.71. The highest BCUT2D eigenvalue weighted by Gasteiger charge is 2.25. The molecule has 1 fully saturated rings. The van der Waals surface area contributed by atoms with Crippen molar-refractivity contribution in [3.63, 3.8) is 0 Å². The highest BCUT2D eigenvalue weighted by Crippen LogP contribution is 2.37. The summed E-state index contributed by atoms with van der Waals surface area (Å²) < 4.78 is 10.5. The van der Waals surface area contributed by atoms with Crippen LogP contribution in [0.15, 0.2) is 35.7 Å². The summed E-state index contributed by atoms with van der Waals surface area (Å²) in [6.07, 6.45) is 6.18. The van der Waals surface area contributed by atoms with Crippen molar-refractivity contribution >= 4 is 46.1 Å². The largest absolute Gasteiger partial charge is 0.323 e. The molecule has 0 spiro atoms. The van der Waals surface area contributed by atoms with Gasteiger partial charge in [0.2, 0.25) is 5.91 Å².